The van der Waals surface area contributed by atoms with Gasteiger partial charge in [0.25, 0.3) is 29.0 Å². The van der Waals surface area contributed by atoms with Gasteiger partial charge in [0.1, 0.15) is 18.3 Å². The van der Waals surface area contributed by atoms with Crippen molar-refractivity contribution in [3.63, 3.8) is 0 Å². The molecule has 0 aromatic carbocycles. The van der Waals surface area contributed by atoms with Gasteiger partial charge in [-0.1, -0.05) is 0 Å². The van der Waals surface area contributed by atoms with Gasteiger partial charge in [0.15, 0.2) is 6.23 Å². The molecule has 0 bridgehead atoms. The van der Waals surface area contributed by atoms with Crippen LogP contribution in [0.1, 0.15) is 6.23 Å². The standard InChI is InChI=1S/C9H15N2O15P3.3Na.2H2O/c12-5-1-2-11(9(15)10-5)8-7(14)6(13)4(24-8)3-23-28(19,20)26-29(21,22)25-27(16,17)18;;;;;/h1-2,4,6-8,13-14H,3H2,(H,19,20)(H,21,22)(H,10,12,15)(H2,16,17,18);;;;2*1H2/q;3*+1;;/p-3/t4-,6-,7-,8-;;;;;/m1...../s1. The smallest absolute Gasteiger partial charge is 0.756 e. The molecule has 0 radical (unpaired) electrons. The number of nitrogens with zero attached hydrogens (tertiary/aromatic N) is 1. The number of aromatic nitrogens is 2. The largest absolute Gasteiger partial charge is 1.00 e. The first-order valence-electron chi connectivity index (χ1n) is 7.16. The Kier molecular flexibility index (Phi) is 21.2. The third-order valence-electron chi connectivity index (χ3n) is 3.26. The van der Waals surface area contributed by atoms with Crippen molar-refractivity contribution in [1.29, 1.82) is 0 Å². The monoisotopic (exact) mass is 586 g/mol. The molecule has 34 heavy (non-hydrogen) atoms. The fourth-order valence-electron chi connectivity index (χ4n) is 2.18. The molecule has 8 N–H and O–H groups in total. The first-order chi connectivity index (χ1) is 13.1. The number of aliphatic hydroxyl groups is 2. The summed E-state index contributed by atoms with van der Waals surface area (Å²) in [5.41, 5.74) is -1.79. The van der Waals surface area contributed by atoms with Gasteiger partial charge in [-0.3, -0.25) is 28.0 Å². The van der Waals surface area contributed by atoms with E-state index in [1.165, 1.54) is 0 Å². The number of rotatable bonds is 8. The molecule has 182 valence electrons. The van der Waals surface area contributed by atoms with E-state index in [0.717, 1.165) is 12.3 Å². The van der Waals surface area contributed by atoms with Crippen molar-refractivity contribution < 1.29 is 161 Å². The molecular formula is C9H16N2Na3O17P3. The number of hydrogen-bond acceptors (Lipinski definition) is 14. The van der Waals surface area contributed by atoms with Crippen LogP contribution in [0.3, 0.4) is 0 Å². The molecule has 0 amide bonds. The maximum absolute atomic E-state index is 11.7. The zero-order valence-corrected chi connectivity index (χ0v) is 26.4. The molecule has 1 aliphatic rings. The van der Waals surface area contributed by atoms with Gasteiger partial charge in [0, 0.05) is 12.3 Å². The molecule has 3 unspecified atom stereocenters. The molecule has 0 saturated carbocycles. The molecule has 0 spiro atoms. The number of aliphatic hydroxyl groups excluding tert-OH is 2. The Morgan fingerprint density at radius 1 is 1.00 bits per heavy atom. The Hall–Kier alpha value is 1.89. The van der Waals surface area contributed by atoms with Gasteiger partial charge >= 0.3 is 94.4 Å². The summed E-state index contributed by atoms with van der Waals surface area (Å²) in [5.74, 6) is 0. The Bertz CT molecular complexity index is 1010. The summed E-state index contributed by atoms with van der Waals surface area (Å²) in [6.07, 6.45) is -5.93. The van der Waals surface area contributed by atoms with Crippen LogP contribution < -0.4 is 115 Å². The van der Waals surface area contributed by atoms with Crippen molar-refractivity contribution in [2.24, 2.45) is 0 Å². The number of H-pyrrole nitrogens is 1. The SMILES string of the molecule is O.O.O=c1ccn([C@@H]2O[C@H](COP(=O)([O-])OP(=O)([O-])OP(=O)([O-])O)[C@@H](O)[C@H]2O)c(=O)[nH]1.[Na+].[Na+].[Na+]. The van der Waals surface area contributed by atoms with Gasteiger partial charge in [-0.2, -0.15) is 0 Å². The number of aromatic amines is 1. The summed E-state index contributed by atoms with van der Waals surface area (Å²) >= 11 is 0. The maximum atomic E-state index is 11.7. The summed E-state index contributed by atoms with van der Waals surface area (Å²) in [5, 5.41) is 19.8. The molecular weight excluding hydrogens is 570 g/mol. The van der Waals surface area contributed by atoms with Crippen LogP contribution in [0.15, 0.2) is 21.9 Å². The molecule has 25 heteroatoms. The van der Waals surface area contributed by atoms with Crippen molar-refractivity contribution >= 4 is 23.5 Å². The zero-order valence-electron chi connectivity index (χ0n) is 17.7. The third kappa shape index (κ3) is 13.1. The minimum absolute atomic E-state index is 0. The van der Waals surface area contributed by atoms with Crippen LogP contribution >= 0.6 is 23.5 Å². The molecule has 1 fully saturated rings. The minimum atomic E-state index is -6.10. The summed E-state index contributed by atoms with van der Waals surface area (Å²) in [6.45, 7) is -1.15. The molecule has 2 heterocycles. The van der Waals surface area contributed by atoms with E-state index < -0.39 is 65.9 Å². The molecule has 7 atom stereocenters. The summed E-state index contributed by atoms with van der Waals surface area (Å²) < 4.78 is 49.3. The second-order valence-corrected chi connectivity index (χ2v) is 9.68. The van der Waals surface area contributed by atoms with E-state index in [4.69, 9.17) is 9.63 Å². The second-order valence-electron chi connectivity index (χ2n) is 5.39. The first-order valence-corrected chi connectivity index (χ1v) is 11.6. The van der Waals surface area contributed by atoms with Crippen LogP contribution in [-0.4, -0.2) is 60.5 Å². The van der Waals surface area contributed by atoms with Gasteiger partial charge in [-0.15, -0.1) is 0 Å². The van der Waals surface area contributed by atoms with Crippen LogP contribution in [-0.2, 0) is 31.6 Å². The maximum Gasteiger partial charge on any atom is 1.00 e. The quantitative estimate of drug-likeness (QED) is 0.162. The fraction of sp³-hybridized carbons (Fsp3) is 0.556. The Morgan fingerprint density at radius 3 is 2.00 bits per heavy atom. The molecule has 1 aromatic rings. The first kappa shape index (κ1) is 43.0. The van der Waals surface area contributed by atoms with Crippen LogP contribution in [0.4, 0.5) is 0 Å². The molecule has 1 aromatic heterocycles. The summed E-state index contributed by atoms with van der Waals surface area (Å²) in [7, 11) is -17.8. The number of ether oxygens (including phenoxy) is 1. The Labute approximate surface area is 255 Å². The second kappa shape index (κ2) is 16.8. The zero-order chi connectivity index (χ0) is 22.2. The predicted octanol–water partition coefficient (Wildman–Crippen LogP) is -15.0. The predicted molar refractivity (Wildman–Crippen MR) is 87.6 cm³/mol. The van der Waals surface area contributed by atoms with Gasteiger partial charge in [0.05, 0.1) is 6.61 Å². The van der Waals surface area contributed by atoms with Crippen LogP contribution in [0.25, 0.3) is 0 Å². The molecule has 1 saturated heterocycles. The van der Waals surface area contributed by atoms with Crippen LogP contribution in [0, 0.1) is 0 Å². The number of phosphoric acid groups is 3. The summed E-state index contributed by atoms with van der Waals surface area (Å²) in [6, 6.07) is 0.898. The van der Waals surface area contributed by atoms with E-state index in [1.54, 1.807) is 0 Å². The van der Waals surface area contributed by atoms with Crippen molar-refractivity contribution in [2.45, 2.75) is 24.5 Å². The van der Waals surface area contributed by atoms with E-state index >= 15 is 0 Å². The van der Waals surface area contributed by atoms with E-state index in [2.05, 4.69) is 13.1 Å². The number of phosphoric ester groups is 1. The topological polar surface area (TPSA) is 336 Å². The molecule has 2 rings (SSSR count). The number of nitrogens with one attached hydrogen (secondary N) is 1. The van der Waals surface area contributed by atoms with Gasteiger partial charge in [0.2, 0.25) is 0 Å². The third-order valence-corrected chi connectivity index (χ3v) is 6.95. The number of hydrogen-bond donors (Lipinski definition) is 4. The van der Waals surface area contributed by atoms with Gasteiger partial charge in [-0.25, -0.2) is 13.4 Å². The van der Waals surface area contributed by atoms with Crippen molar-refractivity contribution in [3.8, 4) is 0 Å². The molecule has 19 nitrogen and oxygen atoms in total. The molecule has 1 aliphatic heterocycles. The normalized spacial score (nSPS) is 26.4. The van der Waals surface area contributed by atoms with Crippen LogP contribution in [0.5, 0.6) is 0 Å². The van der Waals surface area contributed by atoms with Gasteiger partial charge in [-0.05, 0) is 0 Å². The van der Waals surface area contributed by atoms with Crippen molar-refractivity contribution in [3.05, 3.63) is 33.1 Å². The van der Waals surface area contributed by atoms with E-state index in [-0.39, 0.29) is 99.6 Å². The van der Waals surface area contributed by atoms with Gasteiger partial charge < -0.3 is 50.0 Å². The Morgan fingerprint density at radius 2 is 1.53 bits per heavy atom. The fourth-order valence-corrected chi connectivity index (χ4v) is 5.07. The molecule has 0 aliphatic carbocycles. The van der Waals surface area contributed by atoms with E-state index in [0.29, 0.717) is 4.57 Å². The Balaban J connectivity index is -0.000000900. The van der Waals surface area contributed by atoms with E-state index in [9.17, 15) is 48.2 Å². The van der Waals surface area contributed by atoms with Crippen molar-refractivity contribution in [2.75, 3.05) is 6.61 Å². The summed E-state index contributed by atoms with van der Waals surface area (Å²) in [4.78, 5) is 65.8. The van der Waals surface area contributed by atoms with Crippen LogP contribution in [0.2, 0.25) is 0 Å². The van der Waals surface area contributed by atoms with Crippen molar-refractivity contribution in [1.82, 2.24) is 9.55 Å². The average molecular weight is 586 g/mol. The minimum Gasteiger partial charge on any atom is -0.756 e. The van der Waals surface area contributed by atoms with E-state index in [1.807, 2.05) is 4.98 Å². The average Bonchev–Trinajstić information content (AvgIpc) is 2.78.